The van der Waals surface area contributed by atoms with Crippen LogP contribution in [0.4, 0.5) is 0 Å². The Bertz CT molecular complexity index is 857. The molecule has 1 aliphatic heterocycles. The second-order valence-corrected chi connectivity index (χ2v) is 9.22. The lowest BCUT2D eigenvalue weighted by Gasteiger charge is -2.27. The lowest BCUT2D eigenvalue weighted by atomic mass is 9.97. The van der Waals surface area contributed by atoms with Crippen molar-refractivity contribution in [2.24, 2.45) is 5.92 Å². The number of aryl methyl sites for hydroxylation is 2. The van der Waals surface area contributed by atoms with Crippen LogP contribution in [-0.4, -0.2) is 41.3 Å². The quantitative estimate of drug-likeness (QED) is 0.626. The van der Waals surface area contributed by atoms with E-state index in [0.717, 1.165) is 54.9 Å². The summed E-state index contributed by atoms with van der Waals surface area (Å²) in [6.07, 6.45) is 4.95. The summed E-state index contributed by atoms with van der Waals surface area (Å²) in [6, 6.07) is 0. The Hall–Kier alpha value is -1.38. The van der Waals surface area contributed by atoms with Gasteiger partial charge in [-0.15, -0.1) is 11.3 Å². The number of aromatic amines is 1. The minimum atomic E-state index is -0.00292. The number of nitrogens with one attached hydrogen (secondary N) is 3. The van der Waals surface area contributed by atoms with E-state index in [9.17, 15) is 9.59 Å². The molecule has 2 aromatic heterocycles. The molecular formula is C18H24N4O2S2. The Balaban J connectivity index is 1.30. The van der Waals surface area contributed by atoms with Gasteiger partial charge in [-0.05, 0) is 31.2 Å². The smallest absolute Gasteiger partial charge is 0.259 e. The third-order valence-corrected chi connectivity index (χ3v) is 7.20. The minimum Gasteiger partial charge on any atom is -0.356 e. The van der Waals surface area contributed by atoms with Gasteiger partial charge < -0.3 is 15.6 Å². The van der Waals surface area contributed by atoms with Crippen molar-refractivity contribution in [1.82, 2.24) is 20.6 Å². The van der Waals surface area contributed by atoms with Crippen LogP contribution in [0.5, 0.6) is 0 Å². The molecular weight excluding hydrogens is 368 g/mol. The third kappa shape index (κ3) is 3.97. The zero-order valence-corrected chi connectivity index (χ0v) is 16.4. The molecule has 1 aliphatic carbocycles. The Labute approximate surface area is 160 Å². The van der Waals surface area contributed by atoms with Gasteiger partial charge in [0.15, 0.2) is 0 Å². The fourth-order valence-electron chi connectivity index (χ4n) is 3.45. The minimum absolute atomic E-state index is 0.00292. The van der Waals surface area contributed by atoms with Crippen molar-refractivity contribution >= 4 is 39.2 Å². The number of hydrogen-bond donors (Lipinski definition) is 3. The first kappa shape index (κ1) is 18.0. The van der Waals surface area contributed by atoms with Crippen LogP contribution in [0.2, 0.25) is 0 Å². The predicted molar refractivity (Wildman–Crippen MR) is 107 cm³/mol. The summed E-state index contributed by atoms with van der Waals surface area (Å²) in [4.78, 5) is 34.1. The van der Waals surface area contributed by atoms with Crippen LogP contribution >= 0.6 is 23.1 Å². The molecule has 0 unspecified atom stereocenters. The predicted octanol–water partition coefficient (Wildman–Crippen LogP) is 1.82. The number of amides is 1. The summed E-state index contributed by atoms with van der Waals surface area (Å²) >= 11 is 3.32. The molecule has 0 saturated carbocycles. The first-order valence-corrected chi connectivity index (χ1v) is 11.3. The Morgan fingerprint density at radius 1 is 1.31 bits per heavy atom. The van der Waals surface area contributed by atoms with E-state index in [1.54, 1.807) is 23.1 Å². The van der Waals surface area contributed by atoms with Crippen molar-refractivity contribution in [2.75, 3.05) is 25.4 Å². The van der Waals surface area contributed by atoms with Crippen molar-refractivity contribution in [3.8, 4) is 0 Å². The second-order valence-electron chi connectivity index (χ2n) is 7.03. The van der Waals surface area contributed by atoms with Crippen LogP contribution < -0.4 is 16.2 Å². The summed E-state index contributed by atoms with van der Waals surface area (Å²) in [7, 11) is 0. The number of hydrogen-bond acceptors (Lipinski definition) is 6. The van der Waals surface area contributed by atoms with Gasteiger partial charge in [0.1, 0.15) is 10.7 Å². The van der Waals surface area contributed by atoms with Gasteiger partial charge in [-0.2, -0.15) is 11.8 Å². The van der Waals surface area contributed by atoms with E-state index in [2.05, 4.69) is 20.6 Å². The van der Waals surface area contributed by atoms with Crippen LogP contribution in [0.15, 0.2) is 4.79 Å². The molecule has 4 rings (SSSR count). The van der Waals surface area contributed by atoms with Gasteiger partial charge in [0.05, 0.1) is 11.1 Å². The Morgan fingerprint density at radius 2 is 2.15 bits per heavy atom. The molecule has 0 spiro atoms. The highest BCUT2D eigenvalue weighted by molar-refractivity contribution is 7.98. The number of thioether (sulfide) groups is 1. The monoisotopic (exact) mass is 392 g/mol. The number of aromatic nitrogens is 2. The van der Waals surface area contributed by atoms with E-state index in [4.69, 9.17) is 0 Å². The van der Waals surface area contributed by atoms with E-state index in [1.807, 2.05) is 0 Å². The zero-order valence-electron chi connectivity index (χ0n) is 14.7. The van der Waals surface area contributed by atoms with E-state index in [-0.39, 0.29) is 11.5 Å². The molecule has 1 saturated heterocycles. The fraction of sp³-hybridized carbons (Fsp3) is 0.611. The molecule has 3 heterocycles. The second kappa shape index (κ2) is 8.10. The number of carbonyl (C=O) groups is 1. The van der Waals surface area contributed by atoms with Gasteiger partial charge in [0.2, 0.25) is 5.91 Å². The first-order chi connectivity index (χ1) is 12.7. The number of fused-ring (bicyclic) bond motifs is 3. The molecule has 2 aliphatic rings. The van der Waals surface area contributed by atoms with Gasteiger partial charge >= 0.3 is 0 Å². The average molecular weight is 393 g/mol. The molecule has 0 aromatic carbocycles. The van der Waals surface area contributed by atoms with Crippen molar-refractivity contribution in [1.29, 1.82) is 0 Å². The summed E-state index contributed by atoms with van der Waals surface area (Å²) in [6.45, 7) is 2.77. The van der Waals surface area contributed by atoms with Crippen LogP contribution in [0.3, 0.4) is 0 Å². The lowest BCUT2D eigenvalue weighted by Crippen LogP contribution is -2.48. The highest BCUT2D eigenvalue weighted by Gasteiger charge is 2.20. The van der Waals surface area contributed by atoms with E-state index < -0.39 is 0 Å². The van der Waals surface area contributed by atoms with Crippen LogP contribution in [-0.2, 0) is 23.4 Å². The zero-order chi connectivity index (χ0) is 17.9. The normalized spacial score (nSPS) is 17.1. The number of carbonyl (C=O) groups excluding carboxylic acids is 1. The lowest BCUT2D eigenvalue weighted by molar-refractivity contribution is -0.120. The maximum atomic E-state index is 12.5. The fourth-order valence-corrected chi connectivity index (χ4v) is 5.53. The highest BCUT2D eigenvalue weighted by Crippen LogP contribution is 2.33. The molecule has 0 bridgehead atoms. The van der Waals surface area contributed by atoms with Crippen molar-refractivity contribution in [2.45, 2.75) is 37.9 Å². The SMILES string of the molecule is O=C(CCSCc1nc2sc3c(c2c(=O)[nH]1)CCCC3)NCC1CNC1. The van der Waals surface area contributed by atoms with Gasteiger partial charge in [0.25, 0.3) is 5.56 Å². The Morgan fingerprint density at radius 3 is 2.96 bits per heavy atom. The van der Waals surface area contributed by atoms with Crippen LogP contribution in [0, 0.1) is 5.92 Å². The van der Waals surface area contributed by atoms with Gasteiger partial charge in [-0.3, -0.25) is 9.59 Å². The number of rotatable bonds is 7. The average Bonchev–Trinajstić information content (AvgIpc) is 2.96. The molecule has 140 valence electrons. The highest BCUT2D eigenvalue weighted by atomic mass is 32.2. The molecule has 8 heteroatoms. The van der Waals surface area contributed by atoms with Crippen LogP contribution in [0.25, 0.3) is 10.2 Å². The summed E-state index contributed by atoms with van der Waals surface area (Å²) < 4.78 is 0. The van der Waals surface area contributed by atoms with Crippen molar-refractivity contribution in [3.05, 3.63) is 26.6 Å². The van der Waals surface area contributed by atoms with Crippen molar-refractivity contribution in [3.63, 3.8) is 0 Å². The first-order valence-electron chi connectivity index (χ1n) is 9.29. The topological polar surface area (TPSA) is 86.9 Å². The standard InChI is InChI=1S/C18H24N4O2S2/c23-15(20-9-11-7-19-8-11)5-6-25-10-14-21-17(24)16-12-3-1-2-4-13(12)26-18(16)22-14/h11,19H,1-10H2,(H,20,23)(H,21,22,24). The maximum absolute atomic E-state index is 12.5. The molecule has 0 radical (unpaired) electrons. The molecule has 0 atom stereocenters. The molecule has 1 fully saturated rings. The summed E-state index contributed by atoms with van der Waals surface area (Å²) in [5.74, 6) is 2.77. The van der Waals surface area contributed by atoms with E-state index >= 15 is 0 Å². The number of nitrogens with zero attached hydrogens (tertiary/aromatic N) is 1. The van der Waals surface area contributed by atoms with Crippen molar-refractivity contribution < 1.29 is 4.79 Å². The number of thiophene rings is 1. The Kier molecular flexibility index (Phi) is 5.61. The molecule has 3 N–H and O–H groups in total. The molecule has 2 aromatic rings. The molecule has 26 heavy (non-hydrogen) atoms. The largest absolute Gasteiger partial charge is 0.356 e. The van der Waals surface area contributed by atoms with Gasteiger partial charge in [-0.25, -0.2) is 4.98 Å². The third-order valence-electron chi connectivity index (χ3n) is 5.04. The maximum Gasteiger partial charge on any atom is 0.259 e. The molecule has 6 nitrogen and oxygen atoms in total. The van der Waals surface area contributed by atoms with Gasteiger partial charge in [-0.1, -0.05) is 0 Å². The number of H-pyrrole nitrogens is 1. The summed E-state index contributed by atoms with van der Waals surface area (Å²) in [5, 5.41) is 6.99. The van der Waals surface area contributed by atoms with E-state index in [1.165, 1.54) is 16.9 Å². The molecule has 1 amide bonds. The summed E-state index contributed by atoms with van der Waals surface area (Å²) in [5.41, 5.74) is 1.22. The van der Waals surface area contributed by atoms with E-state index in [0.29, 0.717) is 23.9 Å². The van der Waals surface area contributed by atoms with Gasteiger partial charge in [0, 0.05) is 42.6 Å². The van der Waals surface area contributed by atoms with Crippen LogP contribution in [0.1, 0.15) is 35.5 Å².